The molecule has 55 heavy (non-hydrogen) atoms. The molecule has 0 atom stereocenters. The van der Waals surface area contributed by atoms with E-state index >= 15 is 0 Å². The number of aromatic nitrogens is 2. The summed E-state index contributed by atoms with van der Waals surface area (Å²) >= 11 is 6.08. The number of nitrogens with zero attached hydrogens (tertiary/aromatic N) is 2. The van der Waals surface area contributed by atoms with E-state index in [1.165, 1.54) is 74.5 Å². The van der Waals surface area contributed by atoms with Crippen molar-refractivity contribution in [2.45, 2.75) is 40.3 Å². The average molecular weight is 785 g/mol. The molecule has 0 aliphatic heterocycles. The van der Waals surface area contributed by atoms with Gasteiger partial charge in [0.15, 0.2) is 0 Å². The second-order valence-corrected chi connectivity index (χ2v) is 12.3. The third-order valence-corrected chi connectivity index (χ3v) is 8.61. The van der Waals surface area contributed by atoms with Gasteiger partial charge in [0.2, 0.25) is 0 Å². The number of aryl methyl sites for hydroxylation is 2. The first-order valence-electron chi connectivity index (χ1n) is 16.3. The van der Waals surface area contributed by atoms with Crippen LogP contribution in [0, 0.1) is 48.8 Å². The van der Waals surface area contributed by atoms with Crippen LogP contribution in [0.1, 0.15) is 33.6 Å². The van der Waals surface area contributed by atoms with Crippen LogP contribution in [0.3, 0.4) is 0 Å². The highest BCUT2D eigenvalue weighted by Crippen LogP contribution is 2.27. The van der Waals surface area contributed by atoms with Crippen LogP contribution in [0.4, 0.5) is 26.3 Å². The zero-order valence-corrected chi connectivity index (χ0v) is 29.8. The molecule has 6 aromatic rings. The molecule has 286 valence electrons. The minimum absolute atomic E-state index is 0.00498. The molecule has 6 rings (SSSR count). The van der Waals surface area contributed by atoms with Crippen molar-refractivity contribution in [3.63, 3.8) is 0 Å². The number of halogens is 7. The molecule has 4 aromatic carbocycles. The largest absolute Gasteiger partial charge is 0.489 e. The Balaban J connectivity index is 0.000000211. The van der Waals surface area contributed by atoms with E-state index in [9.17, 15) is 46.1 Å². The van der Waals surface area contributed by atoms with Crippen LogP contribution in [0.5, 0.6) is 11.5 Å². The van der Waals surface area contributed by atoms with Crippen molar-refractivity contribution in [2.24, 2.45) is 0 Å². The summed E-state index contributed by atoms with van der Waals surface area (Å²) in [6.07, 6.45) is 0. The molecule has 2 heterocycles. The number of para-hydroxylation sites is 2. The van der Waals surface area contributed by atoms with Crippen molar-refractivity contribution in [3.05, 3.63) is 185 Å². The highest BCUT2D eigenvalue weighted by Gasteiger charge is 2.20. The van der Waals surface area contributed by atoms with E-state index in [1.807, 2.05) is 0 Å². The van der Waals surface area contributed by atoms with E-state index in [-0.39, 0.29) is 47.7 Å². The lowest BCUT2D eigenvalue weighted by atomic mass is 10.1. The second kappa shape index (κ2) is 17.5. The standard InChI is InChI=1S/C20H15ClF3NO3.C20H16F3NO3/c1-11-7-17(28-10-12-5-6-14(22)8-13(12)9-26)18(21)20(27)25(11)19-15(23)3-2-4-16(19)24;1-12-7-16(27-11-13-5-6-15(21)8-14(13)10-25)9-19(26)24(12)20-17(22)3-2-4-18(20)23/h2-8,26H,9-10H2,1H3;2-9,25H,10-11H2,1H3. The first-order valence-corrected chi connectivity index (χ1v) is 16.7. The molecule has 0 spiro atoms. The van der Waals surface area contributed by atoms with Crippen molar-refractivity contribution in [3.8, 4) is 22.9 Å². The van der Waals surface area contributed by atoms with Gasteiger partial charge in [0.05, 0.1) is 13.2 Å². The molecule has 8 nitrogen and oxygen atoms in total. The van der Waals surface area contributed by atoms with Gasteiger partial charge in [-0.15, -0.1) is 0 Å². The van der Waals surface area contributed by atoms with Crippen LogP contribution in [-0.4, -0.2) is 19.3 Å². The molecule has 0 bridgehead atoms. The maximum absolute atomic E-state index is 14.1. The summed E-state index contributed by atoms with van der Waals surface area (Å²) in [5.74, 6) is -4.31. The number of pyridine rings is 2. The molecule has 2 N–H and O–H groups in total. The first-order chi connectivity index (χ1) is 26.2. The summed E-state index contributed by atoms with van der Waals surface area (Å²) in [7, 11) is 0. The van der Waals surface area contributed by atoms with Gasteiger partial charge in [-0.1, -0.05) is 35.9 Å². The van der Waals surface area contributed by atoms with Gasteiger partial charge in [-0.3, -0.25) is 18.7 Å². The predicted molar refractivity (Wildman–Crippen MR) is 192 cm³/mol. The molecule has 0 amide bonds. The number of hydrogen-bond acceptors (Lipinski definition) is 6. The highest BCUT2D eigenvalue weighted by atomic mass is 35.5. The minimum atomic E-state index is -0.908. The molecule has 0 aliphatic carbocycles. The van der Waals surface area contributed by atoms with Crippen LogP contribution in [-0.2, 0) is 26.4 Å². The molecular weight excluding hydrogens is 754 g/mol. The quantitative estimate of drug-likeness (QED) is 0.137. The number of hydrogen-bond donors (Lipinski definition) is 2. The summed E-state index contributed by atoms with van der Waals surface area (Å²) in [6.45, 7) is 2.16. The summed E-state index contributed by atoms with van der Waals surface area (Å²) in [6, 6.07) is 18.3. The molecule has 0 radical (unpaired) electrons. The summed E-state index contributed by atoms with van der Waals surface area (Å²) in [5.41, 5.74) is -0.242. The van der Waals surface area contributed by atoms with E-state index in [2.05, 4.69) is 0 Å². The van der Waals surface area contributed by atoms with Crippen LogP contribution < -0.4 is 20.6 Å². The molecule has 0 saturated carbocycles. The summed E-state index contributed by atoms with van der Waals surface area (Å²) in [5, 5.41) is 18.3. The van der Waals surface area contributed by atoms with Gasteiger partial charge in [0.1, 0.15) is 76.0 Å². The maximum Gasteiger partial charge on any atom is 0.278 e. The van der Waals surface area contributed by atoms with E-state index < -0.39 is 64.0 Å². The third-order valence-electron chi connectivity index (χ3n) is 8.27. The Bertz CT molecular complexity index is 2450. The summed E-state index contributed by atoms with van der Waals surface area (Å²) in [4.78, 5) is 25.0. The fraction of sp³-hybridized carbons (Fsp3) is 0.150. The van der Waals surface area contributed by atoms with Crippen LogP contribution >= 0.6 is 11.6 Å². The van der Waals surface area contributed by atoms with Crippen molar-refractivity contribution >= 4 is 11.6 Å². The Labute approximate surface area is 314 Å². The molecule has 0 aliphatic rings. The topological polar surface area (TPSA) is 103 Å². The average Bonchev–Trinajstić information content (AvgIpc) is 3.14. The van der Waals surface area contributed by atoms with Gasteiger partial charge in [-0.25, -0.2) is 26.3 Å². The van der Waals surface area contributed by atoms with Crippen molar-refractivity contribution in [1.29, 1.82) is 0 Å². The van der Waals surface area contributed by atoms with Gasteiger partial charge < -0.3 is 19.7 Å². The molecule has 0 fully saturated rings. The predicted octanol–water partition coefficient (Wildman–Crippen LogP) is 7.92. The summed E-state index contributed by atoms with van der Waals surface area (Å²) < 4.78 is 95.5. The van der Waals surface area contributed by atoms with Crippen molar-refractivity contribution < 1.29 is 46.0 Å². The van der Waals surface area contributed by atoms with Crippen LogP contribution in [0.25, 0.3) is 11.4 Å². The Morgan fingerprint density at radius 2 is 1.04 bits per heavy atom. The monoisotopic (exact) mass is 784 g/mol. The van der Waals surface area contributed by atoms with E-state index in [0.717, 1.165) is 39.5 Å². The van der Waals surface area contributed by atoms with Gasteiger partial charge in [-0.05, 0) is 84.6 Å². The SMILES string of the molecule is Cc1cc(OCc2ccc(F)cc2CO)c(Cl)c(=O)n1-c1c(F)cccc1F.Cc1cc(OCc2ccc(F)cc2CO)cc(=O)n1-c1c(F)cccc1F. The second-order valence-electron chi connectivity index (χ2n) is 12.0. The Morgan fingerprint density at radius 1 is 0.582 bits per heavy atom. The third kappa shape index (κ3) is 9.11. The number of benzene rings is 4. The molecule has 15 heteroatoms. The van der Waals surface area contributed by atoms with Crippen LogP contribution in [0.15, 0.2) is 101 Å². The Morgan fingerprint density at radius 3 is 1.51 bits per heavy atom. The smallest absolute Gasteiger partial charge is 0.278 e. The number of rotatable bonds is 10. The Hall–Kier alpha value is -5.83. The Kier molecular flexibility index (Phi) is 12.9. The molecule has 0 saturated heterocycles. The zero-order chi connectivity index (χ0) is 40.0. The number of aliphatic hydroxyl groups excluding tert-OH is 2. The lowest BCUT2D eigenvalue weighted by Gasteiger charge is -2.16. The molecule has 2 aromatic heterocycles. The lowest BCUT2D eigenvalue weighted by Crippen LogP contribution is -2.23. The normalized spacial score (nSPS) is 10.9. The van der Waals surface area contributed by atoms with Crippen molar-refractivity contribution in [2.75, 3.05) is 0 Å². The van der Waals surface area contributed by atoms with E-state index in [4.69, 9.17) is 21.1 Å². The fourth-order valence-electron chi connectivity index (χ4n) is 5.59. The highest BCUT2D eigenvalue weighted by molar-refractivity contribution is 6.31. The van der Waals surface area contributed by atoms with Crippen molar-refractivity contribution in [1.82, 2.24) is 9.13 Å². The van der Waals surface area contributed by atoms with Gasteiger partial charge in [-0.2, -0.15) is 0 Å². The fourth-order valence-corrected chi connectivity index (χ4v) is 5.79. The molecule has 0 unspecified atom stereocenters. The lowest BCUT2D eigenvalue weighted by molar-refractivity contribution is 0.268. The minimum Gasteiger partial charge on any atom is -0.489 e. The van der Waals surface area contributed by atoms with E-state index in [1.54, 1.807) is 0 Å². The first kappa shape index (κ1) is 40.4. The number of aliphatic hydroxyl groups is 2. The number of ether oxygens (including phenoxy) is 2. The van der Waals surface area contributed by atoms with Gasteiger partial charge >= 0.3 is 0 Å². The van der Waals surface area contributed by atoms with E-state index in [0.29, 0.717) is 22.3 Å². The van der Waals surface area contributed by atoms with Gasteiger partial charge in [0, 0.05) is 29.6 Å². The van der Waals surface area contributed by atoms with Crippen LogP contribution in [0.2, 0.25) is 5.02 Å². The molecular formula is C40H31ClF6N2O6. The van der Waals surface area contributed by atoms with Gasteiger partial charge in [0.25, 0.3) is 11.1 Å². The zero-order valence-electron chi connectivity index (χ0n) is 29.1. The maximum atomic E-state index is 14.1.